The van der Waals surface area contributed by atoms with Crippen LogP contribution in [-0.2, 0) is 36.9 Å². The summed E-state index contributed by atoms with van der Waals surface area (Å²) in [5.41, 5.74) is 5.85. The second-order valence-corrected chi connectivity index (χ2v) is 20.4. The van der Waals surface area contributed by atoms with Crippen molar-refractivity contribution in [2.24, 2.45) is 23.7 Å². The summed E-state index contributed by atoms with van der Waals surface area (Å²) >= 11 is 2.30. The monoisotopic (exact) mass is 1060 g/mol. The van der Waals surface area contributed by atoms with E-state index in [2.05, 4.69) is 98.5 Å². The van der Waals surface area contributed by atoms with Gasteiger partial charge in [-0.15, -0.1) is 5.10 Å². The molecule has 15 heteroatoms. The van der Waals surface area contributed by atoms with Gasteiger partial charge in [-0.05, 0) is 117 Å². The minimum atomic E-state index is -1.27. The lowest BCUT2D eigenvalue weighted by molar-refractivity contribution is -0.304. The minimum Gasteiger partial charge on any atom is -0.462 e. The molecule has 2 aliphatic rings. The summed E-state index contributed by atoms with van der Waals surface area (Å²) in [6.07, 6.45) is 1.04. The predicted molar refractivity (Wildman–Crippen MR) is 274 cm³/mol. The highest BCUT2D eigenvalue weighted by atomic mass is 127. The van der Waals surface area contributed by atoms with Gasteiger partial charge >= 0.3 is 5.97 Å². The van der Waals surface area contributed by atoms with Crippen molar-refractivity contribution < 1.29 is 44.2 Å². The van der Waals surface area contributed by atoms with E-state index in [9.17, 15) is 30.0 Å². The molecule has 4 N–H and O–H groups in total. The van der Waals surface area contributed by atoms with E-state index in [-0.39, 0.29) is 18.8 Å². The zero-order valence-electron chi connectivity index (χ0n) is 41.1. The van der Waals surface area contributed by atoms with Crippen molar-refractivity contribution in [2.45, 2.75) is 122 Å². The van der Waals surface area contributed by atoms with E-state index in [0.717, 1.165) is 37.1 Å². The molecule has 6 rings (SSSR count). The van der Waals surface area contributed by atoms with Gasteiger partial charge < -0.3 is 39.5 Å². The number of esters is 1. The number of ether oxygens (including phenoxy) is 3. The van der Waals surface area contributed by atoms with E-state index < -0.39 is 78.6 Å². The number of carbonyl (C=O) groups is 2. The van der Waals surface area contributed by atoms with Crippen LogP contribution in [0.5, 0.6) is 0 Å². The molecule has 0 spiro atoms. The Bertz CT molecular complexity index is 2290. The number of benzene rings is 3. The molecule has 0 aliphatic carbocycles. The molecular weight excluding hydrogens is 990 g/mol. The fourth-order valence-corrected chi connectivity index (χ4v) is 9.93. The number of hydrogen-bond donors (Lipinski definition) is 4. The molecule has 0 radical (unpaired) electrons. The lowest BCUT2D eigenvalue weighted by Gasteiger charge is -2.46. The number of aromatic nitrogens is 3. The van der Waals surface area contributed by atoms with Gasteiger partial charge in [0, 0.05) is 40.0 Å². The lowest BCUT2D eigenvalue weighted by Crippen LogP contribution is -2.63. The molecular formula is C54H72IN5O9. The predicted octanol–water partition coefficient (Wildman–Crippen LogP) is 6.94. The average Bonchev–Trinajstić information content (AvgIpc) is 3.82. The van der Waals surface area contributed by atoms with E-state index in [1.165, 1.54) is 0 Å². The molecule has 2 aliphatic heterocycles. The number of nitrogens with zero attached hydrogens (tertiary/aromatic N) is 5. The molecule has 69 heavy (non-hydrogen) atoms. The molecule has 14 nitrogen and oxygen atoms in total. The highest BCUT2D eigenvalue weighted by molar-refractivity contribution is 14.1. The number of halogens is 1. The van der Waals surface area contributed by atoms with Crippen molar-refractivity contribution in [1.29, 1.82) is 0 Å². The van der Waals surface area contributed by atoms with Crippen LogP contribution in [-0.4, -0.2) is 140 Å². The van der Waals surface area contributed by atoms with Crippen LogP contribution in [0.15, 0.2) is 109 Å². The van der Waals surface area contributed by atoms with Gasteiger partial charge in [-0.25, -0.2) is 0 Å². The Hall–Kier alpha value is -4.17. The van der Waals surface area contributed by atoms with Crippen molar-refractivity contribution in [3.05, 3.63) is 118 Å². The summed E-state index contributed by atoms with van der Waals surface area (Å²) in [6.45, 7) is 11.2. The first-order valence-electron chi connectivity index (χ1n) is 24.3. The smallest absolute Gasteiger partial charge is 0.308 e. The molecule has 3 heterocycles. The fourth-order valence-electron chi connectivity index (χ4n) is 9.57. The molecule has 3 aromatic carbocycles. The van der Waals surface area contributed by atoms with Gasteiger partial charge in [0.25, 0.3) is 0 Å². The summed E-state index contributed by atoms with van der Waals surface area (Å²) < 4.78 is 22.0. The van der Waals surface area contributed by atoms with Crippen molar-refractivity contribution in [3.63, 3.8) is 0 Å². The lowest BCUT2D eigenvalue weighted by atomic mass is 9.79. The Morgan fingerprint density at radius 1 is 0.884 bits per heavy atom. The fraction of sp³-hybridized carbons (Fsp3) is 0.519. The zero-order chi connectivity index (χ0) is 49.8. The van der Waals surface area contributed by atoms with Gasteiger partial charge in [0.05, 0.1) is 56.2 Å². The SMILES string of the molecule is CC[C@H]1OC(=O)C[C@@H](O)[C@H](C)[C@@H](O[C@@H]2O[C@H](C)[C@@H](O)C(N(C)C)C2O)[C@@H](CCN(CCn2cc(-c3ccc(-c4ccccc4)cc3)nn2)Cc2ccc(I)cc2)C[C@@H](C)C(=O)/C=C/C(C)=C/[C@@H]1CO. The summed E-state index contributed by atoms with van der Waals surface area (Å²) in [5, 5.41) is 54.2. The third kappa shape index (κ3) is 14.9. The molecule has 4 aromatic rings. The quantitative estimate of drug-likeness (QED) is 0.0712. The summed E-state index contributed by atoms with van der Waals surface area (Å²) in [4.78, 5) is 31.7. The standard InChI is InChI=1S/C54H72IN5O9/c1-8-48-43(33-61)28-34(2)14-23-46(62)35(3)29-42(53(36(4)47(63)30-49(64)68-48)69-54-52(66)50(58(6)7)51(65)37(5)67-54)24-25-59(31-38-15-21-44(55)22-16-38)26-27-60-32-45(56-57-60)41-19-17-40(18-20-41)39-12-10-9-11-13-39/h9-23,28,32,35-37,42-43,47-48,50-54,61,63,65-66H,8,24-27,29-31,33H2,1-7H3/b23-14+,34-28+/t35-,36+,37-,42+,43-,47-,48-,50?,51-,52?,53-,54+/m1/s1. The molecule has 0 amide bonds. The number of likely N-dealkylation sites (N-methyl/N-ethyl adjacent to an activating group) is 1. The third-order valence-electron chi connectivity index (χ3n) is 13.8. The second kappa shape index (κ2) is 25.8. The maximum atomic E-state index is 14.0. The average molecular weight is 1060 g/mol. The van der Waals surface area contributed by atoms with Crippen LogP contribution in [0.4, 0.5) is 0 Å². The normalized spacial score (nSPS) is 30.0. The number of aliphatic hydroxyl groups is 4. The Morgan fingerprint density at radius 2 is 1.57 bits per heavy atom. The Balaban J connectivity index is 1.31. The molecule has 374 valence electrons. The summed E-state index contributed by atoms with van der Waals surface area (Å²) in [7, 11) is 3.54. The first-order valence-corrected chi connectivity index (χ1v) is 25.4. The van der Waals surface area contributed by atoms with Crippen LogP contribution in [0.25, 0.3) is 22.4 Å². The van der Waals surface area contributed by atoms with Crippen LogP contribution < -0.4 is 0 Å². The van der Waals surface area contributed by atoms with Crippen molar-refractivity contribution >= 4 is 34.3 Å². The number of allylic oxidation sites excluding steroid dienone is 3. The zero-order valence-corrected chi connectivity index (χ0v) is 43.2. The highest BCUT2D eigenvalue weighted by Crippen LogP contribution is 2.35. The van der Waals surface area contributed by atoms with Crippen molar-refractivity contribution in [3.8, 4) is 22.4 Å². The number of cyclic esters (lactones) is 1. The molecule has 0 bridgehead atoms. The molecule has 1 aromatic heterocycles. The maximum Gasteiger partial charge on any atom is 0.308 e. The largest absolute Gasteiger partial charge is 0.462 e. The van der Waals surface area contributed by atoms with E-state index in [0.29, 0.717) is 45.4 Å². The number of aliphatic hydroxyl groups excluding tert-OH is 4. The number of rotatable bonds is 15. The Morgan fingerprint density at radius 3 is 2.23 bits per heavy atom. The van der Waals surface area contributed by atoms with Crippen LogP contribution in [0, 0.1) is 27.2 Å². The first-order chi connectivity index (χ1) is 33.0. The second-order valence-electron chi connectivity index (χ2n) is 19.2. The minimum absolute atomic E-state index is 0.100. The van der Waals surface area contributed by atoms with Gasteiger partial charge in [-0.2, -0.15) is 0 Å². The molecule has 1 fully saturated rings. The summed E-state index contributed by atoms with van der Waals surface area (Å²) in [6, 6.07) is 26.2. The third-order valence-corrected chi connectivity index (χ3v) is 14.5. The van der Waals surface area contributed by atoms with Gasteiger partial charge in [-0.3, -0.25) is 19.2 Å². The molecule has 2 unspecified atom stereocenters. The Labute approximate surface area is 421 Å². The number of hydrogen-bond acceptors (Lipinski definition) is 13. The number of ketones is 1. The number of carbonyl (C=O) groups excluding carboxylic acids is 2. The molecule has 0 saturated carbocycles. The Kier molecular flexibility index (Phi) is 20.3. The van der Waals surface area contributed by atoms with Crippen LogP contribution >= 0.6 is 22.6 Å². The van der Waals surface area contributed by atoms with Crippen LogP contribution in [0.3, 0.4) is 0 Å². The van der Waals surface area contributed by atoms with Gasteiger partial charge in [-0.1, -0.05) is 110 Å². The highest BCUT2D eigenvalue weighted by Gasteiger charge is 2.47. The first kappa shape index (κ1) is 54.2. The van der Waals surface area contributed by atoms with E-state index in [1.807, 2.05) is 62.8 Å². The van der Waals surface area contributed by atoms with Crippen LogP contribution in [0.2, 0.25) is 0 Å². The van der Waals surface area contributed by atoms with E-state index >= 15 is 0 Å². The van der Waals surface area contributed by atoms with Crippen molar-refractivity contribution in [1.82, 2.24) is 24.8 Å². The van der Waals surface area contributed by atoms with Gasteiger partial charge in [0.15, 0.2) is 12.1 Å². The van der Waals surface area contributed by atoms with Crippen LogP contribution in [0.1, 0.15) is 65.9 Å². The van der Waals surface area contributed by atoms with Crippen molar-refractivity contribution in [2.75, 3.05) is 33.8 Å². The van der Waals surface area contributed by atoms with E-state index in [4.69, 9.17) is 14.2 Å². The summed E-state index contributed by atoms with van der Waals surface area (Å²) in [5.74, 6) is -2.85. The molecule has 12 atom stereocenters. The molecule has 1 saturated heterocycles. The maximum absolute atomic E-state index is 14.0. The van der Waals surface area contributed by atoms with Gasteiger partial charge in [0.2, 0.25) is 0 Å². The van der Waals surface area contributed by atoms with Gasteiger partial charge in [0.1, 0.15) is 17.9 Å². The topological polar surface area (TPSA) is 180 Å². The van der Waals surface area contributed by atoms with E-state index in [1.54, 1.807) is 38.1 Å².